The normalized spacial score (nSPS) is 19.8. The van der Waals surface area contributed by atoms with Gasteiger partial charge in [0.25, 0.3) is 5.91 Å². The van der Waals surface area contributed by atoms with Gasteiger partial charge in [-0.3, -0.25) is 4.79 Å². The predicted octanol–water partition coefficient (Wildman–Crippen LogP) is 3.14. The van der Waals surface area contributed by atoms with Gasteiger partial charge >= 0.3 is 0 Å². The van der Waals surface area contributed by atoms with E-state index in [0.29, 0.717) is 6.54 Å². The molecule has 0 aliphatic carbocycles. The van der Waals surface area contributed by atoms with Crippen molar-refractivity contribution in [3.63, 3.8) is 0 Å². The van der Waals surface area contributed by atoms with Crippen LogP contribution < -0.4 is 9.64 Å². The first-order chi connectivity index (χ1) is 13.7. The lowest BCUT2D eigenvalue weighted by molar-refractivity contribution is -0.144. The Morgan fingerprint density at radius 3 is 2.61 bits per heavy atom. The first-order valence-corrected chi connectivity index (χ1v) is 10.0. The third-order valence-corrected chi connectivity index (χ3v) is 5.94. The van der Waals surface area contributed by atoms with Gasteiger partial charge in [-0.25, -0.2) is 0 Å². The fraction of sp³-hybridized carbons (Fsp3) is 0.435. The molecule has 5 heteroatoms. The molecule has 2 heterocycles. The van der Waals surface area contributed by atoms with Gasteiger partial charge in [-0.2, -0.15) is 0 Å². The highest BCUT2D eigenvalue weighted by Crippen LogP contribution is 2.33. The molecule has 0 bridgehead atoms. The third-order valence-electron chi connectivity index (χ3n) is 5.94. The van der Waals surface area contributed by atoms with E-state index in [4.69, 9.17) is 9.47 Å². The molecule has 2 saturated heterocycles. The van der Waals surface area contributed by atoms with Crippen molar-refractivity contribution in [2.45, 2.75) is 24.9 Å². The SMILES string of the molecule is COc1cccc(N2CC3(CCN(CCc4ccccc4)CC3)OCC2=O)c1. The largest absolute Gasteiger partial charge is 0.497 e. The number of benzene rings is 2. The molecule has 1 spiro atoms. The average molecular weight is 380 g/mol. The molecular formula is C23H28N2O3. The van der Waals surface area contributed by atoms with Crippen molar-refractivity contribution in [3.8, 4) is 5.75 Å². The van der Waals surface area contributed by atoms with Crippen molar-refractivity contribution in [1.82, 2.24) is 4.90 Å². The van der Waals surface area contributed by atoms with Crippen LogP contribution in [0.4, 0.5) is 5.69 Å². The van der Waals surface area contributed by atoms with Gasteiger partial charge < -0.3 is 19.3 Å². The molecular weight excluding hydrogens is 352 g/mol. The molecule has 28 heavy (non-hydrogen) atoms. The van der Waals surface area contributed by atoms with Gasteiger partial charge in [-0.15, -0.1) is 0 Å². The molecule has 5 nitrogen and oxygen atoms in total. The zero-order chi connectivity index (χ0) is 19.4. The average Bonchev–Trinajstić information content (AvgIpc) is 2.76. The first-order valence-electron chi connectivity index (χ1n) is 10.0. The van der Waals surface area contributed by atoms with Crippen LogP contribution in [-0.4, -0.2) is 56.3 Å². The minimum absolute atomic E-state index is 0.0189. The summed E-state index contributed by atoms with van der Waals surface area (Å²) in [5, 5.41) is 0. The van der Waals surface area contributed by atoms with E-state index < -0.39 is 0 Å². The van der Waals surface area contributed by atoms with Crippen molar-refractivity contribution in [3.05, 3.63) is 60.2 Å². The highest BCUT2D eigenvalue weighted by molar-refractivity contribution is 5.95. The minimum atomic E-state index is -0.236. The van der Waals surface area contributed by atoms with Crippen LogP contribution in [0.5, 0.6) is 5.75 Å². The van der Waals surface area contributed by atoms with Gasteiger partial charge in [0.1, 0.15) is 12.4 Å². The fourth-order valence-corrected chi connectivity index (χ4v) is 4.15. The number of rotatable bonds is 5. The van der Waals surface area contributed by atoms with Crippen LogP contribution in [0.15, 0.2) is 54.6 Å². The smallest absolute Gasteiger partial charge is 0.253 e. The zero-order valence-corrected chi connectivity index (χ0v) is 16.5. The number of amides is 1. The van der Waals surface area contributed by atoms with Crippen LogP contribution in [0.3, 0.4) is 0 Å². The monoisotopic (exact) mass is 380 g/mol. The van der Waals surface area contributed by atoms with E-state index in [1.165, 1.54) is 5.56 Å². The van der Waals surface area contributed by atoms with E-state index in [1.807, 2.05) is 29.2 Å². The Labute approximate surface area is 166 Å². The predicted molar refractivity (Wildman–Crippen MR) is 110 cm³/mol. The number of carbonyl (C=O) groups excluding carboxylic acids is 1. The second-order valence-electron chi connectivity index (χ2n) is 7.73. The van der Waals surface area contributed by atoms with Crippen molar-refractivity contribution in [2.24, 2.45) is 0 Å². The number of hydrogen-bond acceptors (Lipinski definition) is 4. The van der Waals surface area contributed by atoms with E-state index in [1.54, 1.807) is 7.11 Å². The molecule has 1 amide bonds. The maximum absolute atomic E-state index is 12.5. The highest BCUT2D eigenvalue weighted by Gasteiger charge is 2.42. The Kier molecular flexibility index (Phi) is 5.64. The molecule has 0 unspecified atom stereocenters. The fourth-order valence-electron chi connectivity index (χ4n) is 4.15. The van der Waals surface area contributed by atoms with Gasteiger partial charge in [0.2, 0.25) is 0 Å². The quantitative estimate of drug-likeness (QED) is 0.799. The second-order valence-corrected chi connectivity index (χ2v) is 7.73. The molecule has 148 valence electrons. The zero-order valence-electron chi connectivity index (χ0n) is 16.5. The molecule has 0 saturated carbocycles. The van der Waals surface area contributed by atoms with Crippen LogP contribution in [0.2, 0.25) is 0 Å². The molecule has 2 aromatic rings. The number of morpholine rings is 1. The maximum atomic E-state index is 12.5. The summed E-state index contributed by atoms with van der Waals surface area (Å²) in [6.07, 6.45) is 2.98. The summed E-state index contributed by atoms with van der Waals surface area (Å²) in [6.45, 7) is 3.85. The number of ether oxygens (including phenoxy) is 2. The van der Waals surface area contributed by atoms with Gasteiger partial charge in [-0.05, 0) is 37.0 Å². The lowest BCUT2D eigenvalue weighted by atomic mass is 9.89. The topological polar surface area (TPSA) is 42.0 Å². The minimum Gasteiger partial charge on any atom is -0.497 e. The molecule has 0 N–H and O–H groups in total. The van der Waals surface area contributed by atoms with Crippen molar-refractivity contribution in [2.75, 3.05) is 44.8 Å². The Balaban J connectivity index is 1.37. The van der Waals surface area contributed by atoms with Crippen LogP contribution in [0.1, 0.15) is 18.4 Å². The lowest BCUT2D eigenvalue weighted by Gasteiger charge is -2.47. The summed E-state index contributed by atoms with van der Waals surface area (Å²) < 4.78 is 11.4. The van der Waals surface area contributed by atoms with E-state index in [-0.39, 0.29) is 18.1 Å². The van der Waals surface area contributed by atoms with Crippen LogP contribution in [-0.2, 0) is 16.0 Å². The molecule has 4 rings (SSSR count). The summed E-state index contributed by atoms with van der Waals surface area (Å²) in [5.41, 5.74) is 2.03. The number of anilines is 1. The van der Waals surface area contributed by atoms with Gasteiger partial charge in [0.15, 0.2) is 0 Å². The standard InChI is InChI=1S/C23H28N2O3/c1-27-21-9-5-8-20(16-21)25-18-23(28-17-22(25)26)11-14-24(15-12-23)13-10-19-6-3-2-4-7-19/h2-9,16H,10-15,17-18H2,1H3. The van der Waals surface area contributed by atoms with E-state index in [0.717, 1.165) is 50.3 Å². The molecule has 0 radical (unpaired) electrons. The summed E-state index contributed by atoms with van der Waals surface area (Å²) in [4.78, 5) is 16.9. The molecule has 2 fully saturated rings. The Bertz CT molecular complexity index is 801. The number of methoxy groups -OCH3 is 1. The number of carbonyl (C=O) groups is 1. The number of likely N-dealkylation sites (tertiary alicyclic amines) is 1. The van der Waals surface area contributed by atoms with Gasteiger partial charge in [0, 0.05) is 31.4 Å². The Morgan fingerprint density at radius 2 is 1.86 bits per heavy atom. The van der Waals surface area contributed by atoms with Gasteiger partial charge in [0.05, 0.1) is 19.3 Å². The molecule has 2 aromatic carbocycles. The van der Waals surface area contributed by atoms with Crippen molar-refractivity contribution in [1.29, 1.82) is 0 Å². The van der Waals surface area contributed by atoms with Crippen molar-refractivity contribution >= 4 is 11.6 Å². The Morgan fingerprint density at radius 1 is 1.07 bits per heavy atom. The van der Waals surface area contributed by atoms with Gasteiger partial charge in [-0.1, -0.05) is 36.4 Å². The third kappa shape index (κ3) is 4.21. The van der Waals surface area contributed by atoms with E-state index in [9.17, 15) is 4.79 Å². The molecule has 0 atom stereocenters. The number of piperidine rings is 1. The number of hydrogen-bond donors (Lipinski definition) is 0. The van der Waals surface area contributed by atoms with E-state index >= 15 is 0 Å². The molecule has 0 aromatic heterocycles. The van der Waals surface area contributed by atoms with Crippen LogP contribution >= 0.6 is 0 Å². The summed E-state index contributed by atoms with van der Waals surface area (Å²) in [5.74, 6) is 0.784. The second kappa shape index (κ2) is 8.33. The van der Waals surface area contributed by atoms with Crippen molar-refractivity contribution < 1.29 is 14.3 Å². The first kappa shape index (κ1) is 19.0. The summed E-state index contributed by atoms with van der Waals surface area (Å²) >= 11 is 0. The Hall–Kier alpha value is -2.37. The summed E-state index contributed by atoms with van der Waals surface area (Å²) in [7, 11) is 1.65. The van der Waals surface area contributed by atoms with Crippen LogP contribution in [0.25, 0.3) is 0 Å². The molecule has 2 aliphatic heterocycles. The number of nitrogens with zero attached hydrogens (tertiary/aromatic N) is 2. The van der Waals surface area contributed by atoms with Crippen LogP contribution in [0, 0.1) is 0 Å². The maximum Gasteiger partial charge on any atom is 0.253 e. The highest BCUT2D eigenvalue weighted by atomic mass is 16.5. The molecule has 2 aliphatic rings. The summed E-state index contributed by atoms with van der Waals surface area (Å²) in [6, 6.07) is 18.3. The lowest BCUT2D eigenvalue weighted by Crippen LogP contribution is -2.59. The van der Waals surface area contributed by atoms with E-state index in [2.05, 4.69) is 35.2 Å².